The number of thiazole rings is 1. The summed E-state index contributed by atoms with van der Waals surface area (Å²) in [4.78, 5) is 28.8. The van der Waals surface area contributed by atoms with E-state index in [0.717, 1.165) is 16.1 Å². The Bertz CT molecular complexity index is 680. The fourth-order valence-corrected chi connectivity index (χ4v) is 3.05. The lowest BCUT2D eigenvalue weighted by Crippen LogP contribution is -2.32. The minimum absolute atomic E-state index is 0.0378. The predicted molar refractivity (Wildman–Crippen MR) is 93.6 cm³/mol. The molecule has 0 atom stereocenters. The fraction of sp³-hybridized carbons (Fsp3) is 0.353. The SMILES string of the molecule is CCC(=O)NCC(=O)Nc1nc(-c2ccccc2)c(C(C)C)s1. The third-order valence-corrected chi connectivity index (χ3v) is 4.51. The van der Waals surface area contributed by atoms with Crippen molar-refractivity contribution in [1.82, 2.24) is 10.3 Å². The molecule has 23 heavy (non-hydrogen) atoms. The highest BCUT2D eigenvalue weighted by molar-refractivity contribution is 7.16. The number of nitrogens with one attached hydrogen (secondary N) is 2. The molecular weight excluding hydrogens is 310 g/mol. The van der Waals surface area contributed by atoms with Crippen molar-refractivity contribution >= 4 is 28.3 Å². The molecule has 0 aliphatic carbocycles. The lowest BCUT2D eigenvalue weighted by atomic mass is 10.1. The normalized spacial score (nSPS) is 10.6. The Balaban J connectivity index is 2.15. The quantitative estimate of drug-likeness (QED) is 0.852. The van der Waals surface area contributed by atoms with Crippen LogP contribution in [0.1, 0.15) is 38.0 Å². The van der Waals surface area contributed by atoms with E-state index in [1.807, 2.05) is 30.3 Å². The van der Waals surface area contributed by atoms with E-state index in [1.54, 1.807) is 6.92 Å². The van der Waals surface area contributed by atoms with Gasteiger partial charge in [0.25, 0.3) is 0 Å². The Labute approximate surface area is 140 Å². The zero-order valence-corrected chi connectivity index (χ0v) is 14.4. The molecule has 0 aliphatic rings. The fourth-order valence-electron chi connectivity index (χ4n) is 2.05. The molecule has 0 aliphatic heterocycles. The van der Waals surface area contributed by atoms with Crippen LogP contribution >= 0.6 is 11.3 Å². The highest BCUT2D eigenvalue weighted by atomic mass is 32.1. The zero-order chi connectivity index (χ0) is 16.8. The van der Waals surface area contributed by atoms with Crippen LogP contribution < -0.4 is 10.6 Å². The van der Waals surface area contributed by atoms with Crippen molar-refractivity contribution in [3.05, 3.63) is 35.2 Å². The summed E-state index contributed by atoms with van der Waals surface area (Å²) in [5.74, 6) is -0.101. The topological polar surface area (TPSA) is 71.1 Å². The molecule has 0 saturated carbocycles. The monoisotopic (exact) mass is 331 g/mol. The summed E-state index contributed by atoms with van der Waals surface area (Å²) in [5.41, 5.74) is 1.94. The van der Waals surface area contributed by atoms with E-state index in [4.69, 9.17) is 0 Å². The summed E-state index contributed by atoms with van der Waals surface area (Å²) in [7, 11) is 0. The standard InChI is InChI=1S/C17H21N3O2S/c1-4-13(21)18-10-14(22)19-17-20-15(16(23-17)11(2)3)12-8-6-5-7-9-12/h5-9,11H,4,10H2,1-3H3,(H,18,21)(H,19,20,22). The van der Waals surface area contributed by atoms with E-state index in [1.165, 1.54) is 11.3 Å². The number of hydrogen-bond donors (Lipinski definition) is 2. The molecule has 2 rings (SSSR count). The lowest BCUT2D eigenvalue weighted by Gasteiger charge is -2.04. The number of aromatic nitrogens is 1. The maximum Gasteiger partial charge on any atom is 0.245 e. The van der Waals surface area contributed by atoms with Crippen molar-refractivity contribution < 1.29 is 9.59 Å². The van der Waals surface area contributed by atoms with Crippen molar-refractivity contribution in [1.29, 1.82) is 0 Å². The second kappa shape index (κ2) is 7.87. The molecule has 0 radical (unpaired) electrons. The Morgan fingerprint density at radius 2 is 1.87 bits per heavy atom. The predicted octanol–water partition coefficient (Wildman–Crippen LogP) is 3.40. The van der Waals surface area contributed by atoms with E-state index in [-0.39, 0.29) is 18.4 Å². The van der Waals surface area contributed by atoms with Crippen LogP contribution in [0.3, 0.4) is 0 Å². The second-order valence-electron chi connectivity index (χ2n) is 5.43. The van der Waals surface area contributed by atoms with Gasteiger partial charge < -0.3 is 10.6 Å². The van der Waals surface area contributed by atoms with Gasteiger partial charge in [0.15, 0.2) is 5.13 Å². The second-order valence-corrected chi connectivity index (χ2v) is 6.46. The van der Waals surface area contributed by atoms with Gasteiger partial charge in [-0.3, -0.25) is 9.59 Å². The Morgan fingerprint density at radius 1 is 1.17 bits per heavy atom. The highest BCUT2D eigenvalue weighted by Crippen LogP contribution is 2.35. The minimum atomic E-state index is -0.268. The maximum absolute atomic E-state index is 11.9. The average molecular weight is 331 g/mol. The summed E-state index contributed by atoms with van der Waals surface area (Å²) < 4.78 is 0. The van der Waals surface area contributed by atoms with Crippen molar-refractivity contribution in [2.24, 2.45) is 0 Å². The molecule has 0 bridgehead atoms. The number of benzene rings is 1. The Morgan fingerprint density at radius 3 is 2.48 bits per heavy atom. The molecular formula is C17H21N3O2S. The maximum atomic E-state index is 11.9. The third kappa shape index (κ3) is 4.63. The number of rotatable bonds is 6. The van der Waals surface area contributed by atoms with Gasteiger partial charge in [-0.1, -0.05) is 51.1 Å². The molecule has 0 fully saturated rings. The van der Waals surface area contributed by atoms with Gasteiger partial charge in [0, 0.05) is 16.9 Å². The zero-order valence-electron chi connectivity index (χ0n) is 13.6. The summed E-state index contributed by atoms with van der Waals surface area (Å²) in [6.45, 7) is 5.92. The number of amides is 2. The molecule has 122 valence electrons. The van der Waals surface area contributed by atoms with Crippen LogP contribution in [-0.4, -0.2) is 23.3 Å². The van der Waals surface area contributed by atoms with E-state index in [2.05, 4.69) is 29.5 Å². The van der Waals surface area contributed by atoms with Crippen molar-refractivity contribution in [2.45, 2.75) is 33.1 Å². The molecule has 1 heterocycles. The smallest absolute Gasteiger partial charge is 0.245 e. The Kier molecular flexibility index (Phi) is 5.87. The third-order valence-electron chi connectivity index (χ3n) is 3.24. The summed E-state index contributed by atoms with van der Waals surface area (Å²) >= 11 is 1.48. The van der Waals surface area contributed by atoms with Crippen molar-refractivity contribution in [3.8, 4) is 11.3 Å². The van der Waals surface area contributed by atoms with Gasteiger partial charge in [-0.2, -0.15) is 0 Å². The number of carbonyl (C=O) groups is 2. The van der Waals surface area contributed by atoms with Gasteiger partial charge >= 0.3 is 0 Å². The van der Waals surface area contributed by atoms with E-state index < -0.39 is 0 Å². The summed E-state index contributed by atoms with van der Waals surface area (Å²) in [6, 6.07) is 9.92. The van der Waals surface area contributed by atoms with Gasteiger partial charge in [0.05, 0.1) is 12.2 Å². The molecule has 6 heteroatoms. The summed E-state index contributed by atoms with van der Waals surface area (Å²) in [6.07, 6.45) is 0.361. The average Bonchev–Trinajstić information content (AvgIpc) is 2.97. The van der Waals surface area contributed by atoms with Crippen LogP contribution in [0.4, 0.5) is 5.13 Å². The van der Waals surface area contributed by atoms with E-state index in [0.29, 0.717) is 17.5 Å². The van der Waals surface area contributed by atoms with Crippen molar-refractivity contribution in [3.63, 3.8) is 0 Å². The van der Waals surface area contributed by atoms with Gasteiger partial charge in [0.2, 0.25) is 11.8 Å². The number of hydrogen-bond acceptors (Lipinski definition) is 4. The first-order valence-corrected chi connectivity index (χ1v) is 8.45. The van der Waals surface area contributed by atoms with Crippen LogP contribution in [0.15, 0.2) is 30.3 Å². The molecule has 1 aromatic carbocycles. The molecule has 0 spiro atoms. The minimum Gasteiger partial charge on any atom is -0.347 e. The lowest BCUT2D eigenvalue weighted by molar-refractivity contribution is -0.123. The van der Waals surface area contributed by atoms with E-state index >= 15 is 0 Å². The number of carbonyl (C=O) groups excluding carboxylic acids is 2. The first-order valence-electron chi connectivity index (χ1n) is 7.64. The van der Waals surface area contributed by atoms with Gasteiger partial charge in [0.1, 0.15) is 0 Å². The molecule has 2 aromatic rings. The van der Waals surface area contributed by atoms with Gasteiger partial charge in [-0.25, -0.2) is 4.98 Å². The largest absolute Gasteiger partial charge is 0.347 e. The molecule has 1 aromatic heterocycles. The molecule has 0 unspecified atom stereocenters. The first-order chi connectivity index (χ1) is 11.0. The van der Waals surface area contributed by atoms with Crippen LogP contribution in [0.25, 0.3) is 11.3 Å². The van der Waals surface area contributed by atoms with Crippen molar-refractivity contribution in [2.75, 3.05) is 11.9 Å². The molecule has 5 nitrogen and oxygen atoms in total. The highest BCUT2D eigenvalue weighted by Gasteiger charge is 2.17. The van der Waals surface area contributed by atoms with Gasteiger partial charge in [-0.15, -0.1) is 11.3 Å². The number of anilines is 1. The Hall–Kier alpha value is -2.21. The summed E-state index contributed by atoms with van der Waals surface area (Å²) in [5, 5.41) is 5.87. The van der Waals surface area contributed by atoms with Crippen LogP contribution in [-0.2, 0) is 9.59 Å². The van der Waals surface area contributed by atoms with Crippen LogP contribution in [0.2, 0.25) is 0 Å². The van der Waals surface area contributed by atoms with Crippen LogP contribution in [0.5, 0.6) is 0 Å². The molecule has 2 N–H and O–H groups in total. The first kappa shape index (κ1) is 17.1. The van der Waals surface area contributed by atoms with E-state index in [9.17, 15) is 9.59 Å². The number of nitrogens with zero attached hydrogens (tertiary/aromatic N) is 1. The molecule has 2 amide bonds. The van der Waals surface area contributed by atoms with Crippen LogP contribution in [0, 0.1) is 0 Å². The van der Waals surface area contributed by atoms with Gasteiger partial charge in [-0.05, 0) is 5.92 Å². The molecule has 0 saturated heterocycles.